The van der Waals surface area contributed by atoms with E-state index in [1.807, 2.05) is 0 Å². The van der Waals surface area contributed by atoms with Crippen molar-refractivity contribution < 1.29 is 0 Å². The number of nitriles is 3. The number of hydrogen-bond acceptors (Lipinski definition) is 5. The fraction of sp³-hybridized carbons (Fsp3) is 0. The molecule has 1 aromatic carbocycles. The Labute approximate surface area is 107 Å². The van der Waals surface area contributed by atoms with Gasteiger partial charge in [-0.1, -0.05) is 0 Å². The average molecular weight is 250 g/mol. The first-order valence-electron chi connectivity index (χ1n) is 5.11. The average Bonchev–Trinajstić information content (AvgIpc) is 2.80. The van der Waals surface area contributed by atoms with E-state index in [1.165, 1.54) is 6.07 Å². The molecule has 0 aliphatic rings. The van der Waals surface area contributed by atoms with Gasteiger partial charge in [0.1, 0.15) is 23.9 Å². The highest BCUT2D eigenvalue weighted by molar-refractivity contribution is 5.82. The SMILES string of the molecule is N#CC(C#N)=C(C#N)Nc1ccc2[nH][nH]c(=O)c2c1. The maximum Gasteiger partial charge on any atom is 0.271 e. The van der Waals surface area contributed by atoms with E-state index in [0.29, 0.717) is 16.6 Å². The summed E-state index contributed by atoms with van der Waals surface area (Å²) in [4.78, 5) is 11.4. The highest BCUT2D eigenvalue weighted by Gasteiger charge is 2.07. The van der Waals surface area contributed by atoms with Gasteiger partial charge < -0.3 is 5.32 Å². The first-order chi connectivity index (χ1) is 9.19. The molecule has 90 valence electrons. The molecule has 2 rings (SSSR count). The predicted molar refractivity (Wildman–Crippen MR) is 66.4 cm³/mol. The summed E-state index contributed by atoms with van der Waals surface area (Å²) in [5.74, 6) is 0. The highest BCUT2D eigenvalue weighted by atomic mass is 16.1. The van der Waals surface area contributed by atoms with E-state index in [9.17, 15) is 4.79 Å². The van der Waals surface area contributed by atoms with Crippen molar-refractivity contribution in [2.45, 2.75) is 0 Å². The van der Waals surface area contributed by atoms with Gasteiger partial charge in [0.2, 0.25) is 0 Å². The predicted octanol–water partition coefficient (Wildman–Crippen LogP) is 1.09. The van der Waals surface area contributed by atoms with Crippen LogP contribution in [0.25, 0.3) is 10.9 Å². The van der Waals surface area contributed by atoms with Crippen molar-refractivity contribution in [3.8, 4) is 18.2 Å². The molecule has 0 bridgehead atoms. The molecule has 0 atom stereocenters. The van der Waals surface area contributed by atoms with Crippen LogP contribution in [0.3, 0.4) is 0 Å². The van der Waals surface area contributed by atoms with Crippen LogP contribution in [0.5, 0.6) is 0 Å². The molecule has 19 heavy (non-hydrogen) atoms. The lowest BCUT2D eigenvalue weighted by Gasteiger charge is -2.03. The molecule has 1 aromatic heterocycles. The zero-order valence-electron chi connectivity index (χ0n) is 9.48. The van der Waals surface area contributed by atoms with Gasteiger partial charge in [0, 0.05) is 5.69 Å². The third kappa shape index (κ3) is 2.14. The summed E-state index contributed by atoms with van der Waals surface area (Å²) < 4.78 is 0. The number of rotatable bonds is 2. The summed E-state index contributed by atoms with van der Waals surface area (Å²) in [5.41, 5.74) is 0.305. The van der Waals surface area contributed by atoms with Crippen LogP contribution in [0.4, 0.5) is 5.69 Å². The van der Waals surface area contributed by atoms with Crippen molar-refractivity contribution >= 4 is 16.6 Å². The largest absolute Gasteiger partial charge is 0.345 e. The number of benzene rings is 1. The first kappa shape index (κ1) is 12.0. The molecule has 3 N–H and O–H groups in total. The van der Waals surface area contributed by atoms with Crippen molar-refractivity contribution in [2.24, 2.45) is 0 Å². The quantitative estimate of drug-likeness (QED) is 0.686. The Morgan fingerprint density at radius 2 is 1.84 bits per heavy atom. The van der Waals surface area contributed by atoms with Gasteiger partial charge in [-0.15, -0.1) is 0 Å². The molecule has 1 heterocycles. The lowest BCUT2D eigenvalue weighted by molar-refractivity contribution is 1.08. The van der Waals surface area contributed by atoms with Crippen LogP contribution in [0.1, 0.15) is 0 Å². The van der Waals surface area contributed by atoms with E-state index in [1.54, 1.807) is 30.3 Å². The topological polar surface area (TPSA) is 132 Å². The molecular weight excluding hydrogens is 244 g/mol. The van der Waals surface area contributed by atoms with E-state index in [0.717, 1.165) is 0 Å². The number of aromatic amines is 2. The number of hydrogen-bond donors (Lipinski definition) is 3. The number of nitrogens with one attached hydrogen (secondary N) is 3. The Hall–Kier alpha value is -3.50. The van der Waals surface area contributed by atoms with E-state index in [2.05, 4.69) is 15.5 Å². The molecule has 0 spiro atoms. The second-order valence-corrected chi connectivity index (χ2v) is 3.55. The molecule has 0 saturated heterocycles. The fourth-order valence-electron chi connectivity index (χ4n) is 1.54. The molecule has 0 saturated carbocycles. The summed E-state index contributed by atoms with van der Waals surface area (Å²) >= 11 is 0. The minimum absolute atomic E-state index is 0.156. The van der Waals surface area contributed by atoms with Crippen molar-refractivity contribution in [2.75, 3.05) is 5.32 Å². The normalized spacial score (nSPS) is 9.11. The maximum atomic E-state index is 11.4. The van der Waals surface area contributed by atoms with E-state index >= 15 is 0 Å². The number of allylic oxidation sites excluding steroid dienone is 2. The molecule has 0 radical (unpaired) electrons. The molecule has 0 unspecified atom stereocenters. The molecule has 0 amide bonds. The number of H-pyrrole nitrogens is 2. The van der Waals surface area contributed by atoms with Crippen LogP contribution < -0.4 is 10.9 Å². The Bertz CT molecular complexity index is 833. The van der Waals surface area contributed by atoms with Crippen molar-refractivity contribution in [1.82, 2.24) is 10.2 Å². The van der Waals surface area contributed by atoms with Crippen LogP contribution in [0.15, 0.2) is 34.3 Å². The Morgan fingerprint density at radius 3 is 2.47 bits per heavy atom. The third-order valence-electron chi connectivity index (χ3n) is 2.43. The van der Waals surface area contributed by atoms with Gasteiger partial charge in [0.25, 0.3) is 5.56 Å². The van der Waals surface area contributed by atoms with Gasteiger partial charge in [-0.2, -0.15) is 15.8 Å². The summed E-state index contributed by atoms with van der Waals surface area (Å²) in [7, 11) is 0. The number of aromatic nitrogens is 2. The molecule has 0 aliphatic heterocycles. The lowest BCUT2D eigenvalue weighted by atomic mass is 10.2. The van der Waals surface area contributed by atoms with Gasteiger partial charge in [0.15, 0.2) is 5.57 Å². The summed E-state index contributed by atoms with van der Waals surface area (Å²) in [5, 5.41) is 34.5. The van der Waals surface area contributed by atoms with Gasteiger partial charge in [-0.25, -0.2) is 0 Å². The second kappa shape index (κ2) is 4.79. The Balaban J connectivity index is 2.48. The first-order valence-corrected chi connectivity index (χ1v) is 5.11. The monoisotopic (exact) mass is 250 g/mol. The number of nitrogens with zero attached hydrogens (tertiary/aromatic N) is 3. The Kier molecular flexibility index (Phi) is 3.01. The van der Waals surface area contributed by atoms with Crippen LogP contribution in [-0.2, 0) is 0 Å². The summed E-state index contributed by atoms with van der Waals surface area (Å²) in [6.07, 6.45) is 0. The highest BCUT2D eigenvalue weighted by Crippen LogP contribution is 2.16. The van der Waals surface area contributed by atoms with Crippen LogP contribution in [0.2, 0.25) is 0 Å². The minimum atomic E-state index is -0.314. The van der Waals surface area contributed by atoms with Gasteiger partial charge in [-0.3, -0.25) is 15.0 Å². The van der Waals surface area contributed by atoms with E-state index in [4.69, 9.17) is 15.8 Å². The van der Waals surface area contributed by atoms with Crippen LogP contribution >= 0.6 is 0 Å². The van der Waals surface area contributed by atoms with Gasteiger partial charge in [-0.05, 0) is 18.2 Å². The molecule has 2 aromatic rings. The van der Waals surface area contributed by atoms with Crippen molar-refractivity contribution in [1.29, 1.82) is 15.8 Å². The van der Waals surface area contributed by atoms with E-state index in [-0.39, 0.29) is 16.8 Å². The van der Waals surface area contributed by atoms with Crippen LogP contribution in [-0.4, -0.2) is 10.2 Å². The molecule has 0 aliphatic carbocycles. The molecule has 7 nitrogen and oxygen atoms in total. The summed E-state index contributed by atoms with van der Waals surface area (Å²) in [6, 6.07) is 9.78. The Morgan fingerprint density at radius 1 is 1.11 bits per heavy atom. The molecule has 7 heteroatoms. The lowest BCUT2D eigenvalue weighted by Crippen LogP contribution is -2.02. The smallest absolute Gasteiger partial charge is 0.271 e. The van der Waals surface area contributed by atoms with Crippen molar-refractivity contribution in [3.63, 3.8) is 0 Å². The molecule has 0 fully saturated rings. The standard InChI is InChI=1S/C12H6N6O/c13-4-7(5-14)11(6-15)16-8-1-2-10-9(3-8)12(19)18-17-10/h1-3,16H,(H2,17,18,19). The maximum absolute atomic E-state index is 11.4. The van der Waals surface area contributed by atoms with Gasteiger partial charge >= 0.3 is 0 Å². The molecular formula is C12H6N6O. The zero-order chi connectivity index (χ0) is 13.8. The summed E-state index contributed by atoms with van der Waals surface area (Å²) in [6.45, 7) is 0. The van der Waals surface area contributed by atoms with Gasteiger partial charge in [0.05, 0.1) is 10.9 Å². The fourth-order valence-corrected chi connectivity index (χ4v) is 1.54. The zero-order valence-corrected chi connectivity index (χ0v) is 9.48. The number of anilines is 1. The van der Waals surface area contributed by atoms with Crippen molar-refractivity contribution in [3.05, 3.63) is 39.8 Å². The van der Waals surface area contributed by atoms with E-state index < -0.39 is 0 Å². The number of fused-ring (bicyclic) bond motifs is 1. The third-order valence-corrected chi connectivity index (χ3v) is 2.43. The van der Waals surface area contributed by atoms with Crippen LogP contribution in [0, 0.1) is 34.0 Å². The minimum Gasteiger partial charge on any atom is -0.345 e. The second-order valence-electron chi connectivity index (χ2n) is 3.55.